The second-order valence-corrected chi connectivity index (χ2v) is 6.21. The molecule has 1 fully saturated rings. The van der Waals surface area contributed by atoms with Gasteiger partial charge in [-0.15, -0.1) is 0 Å². The molecule has 19 heavy (non-hydrogen) atoms. The highest BCUT2D eigenvalue weighted by atomic mass is 79.9. The maximum absolute atomic E-state index is 6.21. The fourth-order valence-corrected chi connectivity index (χ4v) is 2.84. The first-order valence-electron chi connectivity index (χ1n) is 6.05. The summed E-state index contributed by atoms with van der Waals surface area (Å²) < 4.78 is 3.02. The molecule has 1 N–H and O–H groups in total. The van der Waals surface area contributed by atoms with Crippen molar-refractivity contribution in [2.24, 2.45) is 0 Å². The van der Waals surface area contributed by atoms with E-state index in [0.29, 0.717) is 22.6 Å². The second-order valence-electron chi connectivity index (χ2n) is 4.60. The van der Waals surface area contributed by atoms with Crippen LogP contribution in [0.15, 0.2) is 29.1 Å². The van der Waals surface area contributed by atoms with E-state index >= 15 is 0 Å². The Hall–Kier alpha value is -0.710. The van der Waals surface area contributed by atoms with E-state index in [2.05, 4.69) is 30.8 Å². The molecule has 0 bridgehead atoms. The molecule has 1 aromatic heterocycles. The second kappa shape index (κ2) is 5.35. The Labute approximate surface area is 130 Å². The molecule has 0 radical (unpaired) electrons. The molecule has 6 heteroatoms. The first kappa shape index (κ1) is 13.3. The molecular formula is C13H12BrCl2N3. The van der Waals surface area contributed by atoms with Crippen LogP contribution in [-0.2, 0) is 6.54 Å². The van der Waals surface area contributed by atoms with Crippen LogP contribution in [0.3, 0.4) is 0 Å². The zero-order chi connectivity index (χ0) is 13.4. The van der Waals surface area contributed by atoms with Gasteiger partial charge in [-0.05, 0) is 40.9 Å². The standard InChI is InChI=1S/C13H12BrCl2N3/c14-10-3-4-11(13(16)12(10)15)18-6-9-5-17-7-19(9)8-1-2-8/h3-5,7-8,18H,1-2,6H2. The molecule has 0 aliphatic heterocycles. The van der Waals surface area contributed by atoms with Gasteiger partial charge in [0.15, 0.2) is 0 Å². The van der Waals surface area contributed by atoms with Gasteiger partial charge in [0.05, 0.1) is 34.3 Å². The van der Waals surface area contributed by atoms with Gasteiger partial charge in [-0.1, -0.05) is 23.2 Å². The summed E-state index contributed by atoms with van der Waals surface area (Å²) in [6, 6.07) is 4.42. The molecule has 0 amide bonds. The lowest BCUT2D eigenvalue weighted by molar-refractivity contribution is 0.701. The van der Waals surface area contributed by atoms with Crippen LogP contribution in [0, 0.1) is 0 Å². The van der Waals surface area contributed by atoms with Gasteiger partial charge >= 0.3 is 0 Å². The molecule has 0 saturated heterocycles. The third-order valence-corrected chi connectivity index (χ3v) is 4.95. The van der Waals surface area contributed by atoms with Crippen molar-refractivity contribution >= 4 is 44.8 Å². The molecule has 0 atom stereocenters. The minimum absolute atomic E-state index is 0.530. The molecule has 1 aliphatic carbocycles. The maximum Gasteiger partial charge on any atom is 0.0951 e. The van der Waals surface area contributed by atoms with Crippen molar-refractivity contribution in [2.45, 2.75) is 25.4 Å². The minimum atomic E-state index is 0.530. The van der Waals surface area contributed by atoms with Crippen molar-refractivity contribution in [2.75, 3.05) is 5.32 Å². The average Bonchev–Trinajstić information content (AvgIpc) is 3.15. The Morgan fingerprint density at radius 2 is 2.11 bits per heavy atom. The highest BCUT2D eigenvalue weighted by Gasteiger charge is 2.25. The summed E-state index contributed by atoms with van der Waals surface area (Å²) in [5.74, 6) is 0. The van der Waals surface area contributed by atoms with Crippen LogP contribution in [0.5, 0.6) is 0 Å². The summed E-state index contributed by atoms with van der Waals surface area (Å²) >= 11 is 15.7. The summed E-state index contributed by atoms with van der Waals surface area (Å²) in [5.41, 5.74) is 2.00. The molecule has 2 aromatic rings. The first-order valence-corrected chi connectivity index (χ1v) is 7.60. The zero-order valence-corrected chi connectivity index (χ0v) is 13.1. The number of imidazole rings is 1. The molecule has 1 heterocycles. The number of hydrogen-bond acceptors (Lipinski definition) is 2. The van der Waals surface area contributed by atoms with Gasteiger partial charge in [0.2, 0.25) is 0 Å². The highest BCUT2D eigenvalue weighted by molar-refractivity contribution is 9.10. The summed E-state index contributed by atoms with van der Waals surface area (Å²) in [6.45, 7) is 0.689. The predicted molar refractivity (Wildman–Crippen MR) is 82.0 cm³/mol. The van der Waals surface area contributed by atoms with Crippen LogP contribution < -0.4 is 5.32 Å². The minimum Gasteiger partial charge on any atom is -0.378 e. The van der Waals surface area contributed by atoms with Crippen LogP contribution in [0.25, 0.3) is 0 Å². The number of aromatic nitrogens is 2. The third kappa shape index (κ3) is 2.76. The van der Waals surface area contributed by atoms with Crippen LogP contribution in [0.1, 0.15) is 24.6 Å². The number of rotatable bonds is 4. The van der Waals surface area contributed by atoms with Crippen molar-refractivity contribution in [3.05, 3.63) is 44.9 Å². The largest absolute Gasteiger partial charge is 0.378 e. The summed E-state index contributed by atoms with van der Waals surface area (Å²) in [7, 11) is 0. The highest BCUT2D eigenvalue weighted by Crippen LogP contribution is 2.37. The molecule has 1 aromatic carbocycles. The van der Waals surface area contributed by atoms with E-state index in [9.17, 15) is 0 Å². The van der Waals surface area contributed by atoms with Crippen LogP contribution >= 0.6 is 39.1 Å². The number of benzene rings is 1. The Balaban J connectivity index is 1.75. The van der Waals surface area contributed by atoms with Crippen molar-refractivity contribution in [1.82, 2.24) is 9.55 Å². The van der Waals surface area contributed by atoms with E-state index in [4.69, 9.17) is 23.2 Å². The number of hydrogen-bond donors (Lipinski definition) is 1. The van der Waals surface area contributed by atoms with E-state index in [1.165, 1.54) is 12.8 Å². The normalized spacial score (nSPS) is 14.7. The number of anilines is 1. The lowest BCUT2D eigenvalue weighted by atomic mass is 10.3. The van der Waals surface area contributed by atoms with Gasteiger partial charge < -0.3 is 9.88 Å². The van der Waals surface area contributed by atoms with Gasteiger partial charge in [-0.25, -0.2) is 4.98 Å². The van der Waals surface area contributed by atoms with Gasteiger partial charge in [0.25, 0.3) is 0 Å². The Bertz CT molecular complexity index is 608. The van der Waals surface area contributed by atoms with E-state index in [1.54, 1.807) is 0 Å². The van der Waals surface area contributed by atoms with Crippen LogP contribution in [0.4, 0.5) is 5.69 Å². The number of nitrogens with one attached hydrogen (secondary N) is 1. The fourth-order valence-electron chi connectivity index (χ4n) is 2.00. The van der Waals surface area contributed by atoms with E-state index in [0.717, 1.165) is 15.9 Å². The summed E-state index contributed by atoms with van der Waals surface area (Å²) in [5, 5.41) is 4.37. The lowest BCUT2D eigenvalue weighted by Crippen LogP contribution is -2.06. The zero-order valence-electron chi connectivity index (χ0n) is 10.0. The molecule has 1 aliphatic rings. The summed E-state index contributed by atoms with van der Waals surface area (Å²) in [4.78, 5) is 4.21. The fraction of sp³-hybridized carbons (Fsp3) is 0.308. The molecule has 0 unspecified atom stereocenters. The molecule has 3 nitrogen and oxygen atoms in total. The molecule has 3 rings (SSSR count). The van der Waals surface area contributed by atoms with Gasteiger partial charge in [0.1, 0.15) is 0 Å². The van der Waals surface area contributed by atoms with Crippen molar-refractivity contribution in [3.8, 4) is 0 Å². The Morgan fingerprint density at radius 1 is 1.32 bits per heavy atom. The lowest BCUT2D eigenvalue weighted by Gasteiger charge is -2.11. The Morgan fingerprint density at radius 3 is 2.84 bits per heavy atom. The maximum atomic E-state index is 6.21. The quantitative estimate of drug-likeness (QED) is 0.786. The first-order chi connectivity index (χ1) is 9.16. The van der Waals surface area contributed by atoms with Crippen molar-refractivity contribution < 1.29 is 0 Å². The predicted octanol–water partition coefficient (Wildman–Crippen LogP) is 4.90. The summed E-state index contributed by atoms with van der Waals surface area (Å²) in [6.07, 6.45) is 6.27. The van der Waals surface area contributed by atoms with Crippen LogP contribution in [-0.4, -0.2) is 9.55 Å². The number of nitrogens with zero attached hydrogens (tertiary/aromatic N) is 2. The molecule has 1 saturated carbocycles. The van der Waals surface area contributed by atoms with E-state index < -0.39 is 0 Å². The van der Waals surface area contributed by atoms with Crippen molar-refractivity contribution in [3.63, 3.8) is 0 Å². The van der Waals surface area contributed by atoms with Gasteiger partial charge in [-0.3, -0.25) is 0 Å². The third-order valence-electron chi connectivity index (χ3n) is 3.18. The monoisotopic (exact) mass is 359 g/mol. The average molecular weight is 361 g/mol. The Kier molecular flexibility index (Phi) is 3.74. The van der Waals surface area contributed by atoms with Gasteiger partial charge in [-0.2, -0.15) is 0 Å². The topological polar surface area (TPSA) is 29.9 Å². The molecule has 0 spiro atoms. The molecule has 100 valence electrons. The van der Waals surface area contributed by atoms with Crippen LogP contribution in [0.2, 0.25) is 10.0 Å². The molecular weight excluding hydrogens is 349 g/mol. The van der Waals surface area contributed by atoms with Gasteiger partial charge in [0, 0.05) is 16.7 Å². The SMILES string of the molecule is Clc1c(Br)ccc(NCc2cncn2C2CC2)c1Cl. The smallest absolute Gasteiger partial charge is 0.0951 e. The van der Waals surface area contributed by atoms with Crippen molar-refractivity contribution in [1.29, 1.82) is 0 Å². The van der Waals surface area contributed by atoms with E-state index in [1.807, 2.05) is 24.7 Å². The number of halogens is 3. The van der Waals surface area contributed by atoms with E-state index in [-0.39, 0.29) is 0 Å².